The number of hydrogen-bond donors (Lipinski definition) is 0. The summed E-state index contributed by atoms with van der Waals surface area (Å²) in [5, 5.41) is 8.39. The summed E-state index contributed by atoms with van der Waals surface area (Å²) in [7, 11) is -0.892. The Kier molecular flexibility index (Phi) is 19.2. The van der Waals surface area contributed by atoms with Gasteiger partial charge in [0.25, 0.3) is 0 Å². The number of hydrogen-bond acceptors (Lipinski definition) is 0. The fraction of sp³-hybridized carbons (Fsp3) is 0. The third-order valence-electron chi connectivity index (χ3n) is 8.16. The van der Waals surface area contributed by atoms with Gasteiger partial charge in [-0.1, -0.05) is 268 Å². The summed E-state index contributed by atoms with van der Waals surface area (Å²) in [6, 6.07) is 84.7. The largest absolute Gasteiger partial charge is 0.0985 e. The zero-order valence-corrected chi connectivity index (χ0v) is 34.4. The van der Waals surface area contributed by atoms with Gasteiger partial charge in [-0.25, -0.2) is 0 Å². The van der Waals surface area contributed by atoms with E-state index in [0.29, 0.717) is 0 Å². The molecule has 0 nitrogen and oxygen atoms in total. The van der Waals surface area contributed by atoms with Crippen molar-refractivity contribution in [3.8, 4) is 0 Å². The molecule has 0 spiro atoms. The molecule has 0 amide bonds. The van der Waals surface area contributed by atoms with Crippen molar-refractivity contribution in [1.29, 1.82) is 0 Å². The molecule has 0 saturated carbocycles. The molecule has 0 atom stereocenters. The van der Waals surface area contributed by atoms with Crippen LogP contribution in [-0.2, 0) is 19.5 Å². The topological polar surface area (TPSA) is 0 Å². The van der Waals surface area contributed by atoms with Gasteiger partial charge in [-0.15, -0.1) is 0 Å². The van der Waals surface area contributed by atoms with Crippen LogP contribution in [0.5, 0.6) is 0 Å². The van der Waals surface area contributed by atoms with Crippen molar-refractivity contribution in [2.75, 3.05) is 0 Å². The molecule has 0 aliphatic heterocycles. The van der Waals surface area contributed by atoms with Crippen LogP contribution >= 0.6 is 15.8 Å². The third kappa shape index (κ3) is 14.1. The van der Waals surface area contributed by atoms with Crippen LogP contribution in [0.4, 0.5) is 0 Å². The summed E-state index contributed by atoms with van der Waals surface area (Å²) in [6.07, 6.45) is 3.67. The van der Waals surface area contributed by atoms with Crippen molar-refractivity contribution in [3.63, 3.8) is 0 Å². The molecule has 0 aromatic heterocycles. The molecule has 8 rings (SSSR count). The molecule has 0 aliphatic rings. The monoisotopic (exact) mass is 834 g/mol. The van der Waals surface area contributed by atoms with Gasteiger partial charge in [0, 0.05) is 19.5 Å². The van der Waals surface area contributed by atoms with Crippen LogP contribution in [0.15, 0.2) is 256 Å². The third-order valence-corrected chi connectivity index (χ3v) is 13.0. The summed E-state index contributed by atoms with van der Waals surface area (Å²) in [6.45, 7) is 7.26. The molecule has 8 aromatic rings. The summed E-state index contributed by atoms with van der Waals surface area (Å²) in [5.74, 6) is 0. The maximum atomic E-state index is 3.63. The Morgan fingerprint density at radius 2 is 0.382 bits per heavy atom. The van der Waals surface area contributed by atoms with E-state index in [9.17, 15) is 0 Å². The van der Waals surface area contributed by atoms with E-state index in [1.54, 1.807) is 0 Å². The summed E-state index contributed by atoms with van der Waals surface area (Å²) in [5.41, 5.74) is 2.35. The minimum Gasteiger partial charge on any atom is -0.0985 e. The first-order valence-corrected chi connectivity index (χ1v) is 20.7. The molecule has 0 radical (unpaired) electrons. The average molecular weight is 834 g/mol. The smallest absolute Gasteiger partial charge is 0 e. The molecule has 0 N–H and O–H groups in total. The summed E-state index contributed by atoms with van der Waals surface area (Å²) < 4.78 is 0. The van der Waals surface area contributed by atoms with Crippen molar-refractivity contribution in [2.45, 2.75) is 0 Å². The fourth-order valence-corrected chi connectivity index (χ4v) is 10.1. The van der Waals surface area contributed by atoms with Crippen LogP contribution in [0.3, 0.4) is 0 Å². The molecule has 0 saturated heterocycles. The van der Waals surface area contributed by atoms with Crippen molar-refractivity contribution < 1.29 is 19.5 Å². The van der Waals surface area contributed by atoms with E-state index in [1.807, 2.05) is 72.8 Å². The molecule has 0 heterocycles. The van der Waals surface area contributed by atoms with E-state index in [-0.39, 0.29) is 19.5 Å². The number of benzene rings is 8. The fourth-order valence-electron chi connectivity index (χ4n) is 5.54. The Morgan fingerprint density at radius 1 is 0.236 bits per heavy atom. The van der Waals surface area contributed by atoms with Crippen molar-refractivity contribution in [1.82, 2.24) is 0 Å². The molecule has 272 valence electrons. The Bertz CT molecular complexity index is 1810. The van der Waals surface area contributed by atoms with Gasteiger partial charge < -0.3 is 0 Å². The zero-order valence-electron chi connectivity index (χ0n) is 30.9. The van der Waals surface area contributed by atoms with Gasteiger partial charge in [0.1, 0.15) is 0 Å². The van der Waals surface area contributed by atoms with Gasteiger partial charge in [-0.3, -0.25) is 0 Å². The second-order valence-corrected chi connectivity index (χ2v) is 16.4. The molecule has 0 fully saturated rings. The van der Waals surface area contributed by atoms with Gasteiger partial charge in [-0.2, -0.15) is 0 Å². The van der Waals surface area contributed by atoms with Crippen molar-refractivity contribution >= 4 is 59.8 Å². The van der Waals surface area contributed by atoms with Crippen LogP contribution in [0.1, 0.15) is 11.1 Å². The minimum atomic E-state index is -0.446. The predicted octanol–water partition coefficient (Wildman–Crippen LogP) is 11.5. The maximum absolute atomic E-state index is 3.63. The zero-order chi connectivity index (χ0) is 37.5. The first-order chi connectivity index (χ1) is 26.8. The molecule has 0 unspecified atom stereocenters. The molecule has 0 aliphatic carbocycles. The Hall–Kier alpha value is -5.28. The number of rotatable bonds is 8. The van der Waals surface area contributed by atoms with E-state index in [1.165, 1.54) is 43.0 Å². The Balaban J connectivity index is 0.000000175. The van der Waals surface area contributed by atoms with Gasteiger partial charge in [0.2, 0.25) is 0 Å². The quantitative estimate of drug-likeness (QED) is 0.106. The van der Waals surface area contributed by atoms with Gasteiger partial charge in [0.05, 0.1) is 0 Å². The molecular formula is C52H46P2Ru. The average Bonchev–Trinajstić information content (AvgIpc) is 3.27. The van der Waals surface area contributed by atoms with E-state index < -0.39 is 15.8 Å². The van der Waals surface area contributed by atoms with E-state index in [4.69, 9.17) is 0 Å². The normalized spacial score (nSPS) is 9.78. The van der Waals surface area contributed by atoms with Crippen LogP contribution < -0.4 is 31.8 Å². The van der Waals surface area contributed by atoms with E-state index in [2.05, 4.69) is 195 Å². The van der Waals surface area contributed by atoms with Crippen LogP contribution in [0, 0.1) is 0 Å². The van der Waals surface area contributed by atoms with Crippen molar-refractivity contribution in [3.05, 3.63) is 267 Å². The molecular weight excluding hydrogens is 788 g/mol. The standard InChI is InChI=1S/2C18H15P.2C8H8.Ru/c2*1-4-10-16(11-5-1)19(17-12-6-2-7-13-17)18-14-8-3-9-15-18;2*1-2-8-6-4-3-5-7-8;/h2*1-15H;2*2-7H,1H2;. The molecule has 55 heavy (non-hydrogen) atoms. The van der Waals surface area contributed by atoms with Gasteiger partial charge in [0.15, 0.2) is 0 Å². The summed E-state index contributed by atoms with van der Waals surface area (Å²) >= 11 is 0. The van der Waals surface area contributed by atoms with E-state index in [0.717, 1.165) is 0 Å². The molecule has 0 bridgehead atoms. The molecule has 3 heteroatoms. The van der Waals surface area contributed by atoms with Crippen LogP contribution in [-0.4, -0.2) is 0 Å². The maximum Gasteiger partial charge on any atom is 0 e. The second kappa shape index (κ2) is 24.9. The van der Waals surface area contributed by atoms with Crippen LogP contribution in [0.2, 0.25) is 0 Å². The SMILES string of the molecule is C=Cc1ccccc1.C=Cc1ccccc1.[Ru].c1ccc(P(c2ccccc2)c2ccccc2)cc1.c1ccc(P(c2ccccc2)c2ccccc2)cc1. The summed E-state index contributed by atoms with van der Waals surface area (Å²) in [4.78, 5) is 0. The van der Waals surface area contributed by atoms with Crippen molar-refractivity contribution in [2.24, 2.45) is 0 Å². The predicted molar refractivity (Wildman–Crippen MR) is 243 cm³/mol. The van der Waals surface area contributed by atoms with Crippen LogP contribution in [0.25, 0.3) is 12.2 Å². The Labute approximate surface area is 344 Å². The first-order valence-electron chi connectivity index (χ1n) is 18.0. The van der Waals surface area contributed by atoms with E-state index >= 15 is 0 Å². The molecule has 8 aromatic carbocycles. The van der Waals surface area contributed by atoms with Gasteiger partial charge >= 0.3 is 0 Å². The Morgan fingerprint density at radius 3 is 0.509 bits per heavy atom. The minimum absolute atomic E-state index is 0. The first kappa shape index (κ1) is 42.5. The second-order valence-electron chi connectivity index (χ2n) is 11.9. The van der Waals surface area contributed by atoms with Gasteiger partial charge in [-0.05, 0) is 58.8 Å².